The van der Waals surface area contributed by atoms with Gasteiger partial charge in [0, 0.05) is 22.6 Å². The zero-order valence-electron chi connectivity index (χ0n) is 13.2. The lowest BCUT2D eigenvalue weighted by Crippen LogP contribution is -2.80. The molecule has 0 bridgehead atoms. The van der Waals surface area contributed by atoms with Gasteiger partial charge in [-0.1, -0.05) is 12.1 Å². The Kier molecular flexibility index (Phi) is 4.26. The molecule has 0 unspecified atom stereocenters. The van der Waals surface area contributed by atoms with Crippen LogP contribution in [0.15, 0.2) is 51.7 Å². The molecule has 0 saturated heterocycles. The van der Waals surface area contributed by atoms with E-state index in [1.165, 1.54) is 17.7 Å². The van der Waals surface area contributed by atoms with Gasteiger partial charge in [-0.05, 0) is 49.2 Å². The molecule has 23 heavy (non-hydrogen) atoms. The van der Waals surface area contributed by atoms with E-state index in [4.69, 9.17) is 4.42 Å². The Labute approximate surface area is 133 Å². The Morgan fingerprint density at radius 1 is 1.00 bits per heavy atom. The first-order valence-electron chi connectivity index (χ1n) is 7.63. The topological polar surface area (TPSA) is 46.8 Å². The van der Waals surface area contributed by atoms with Gasteiger partial charge >= 0.3 is 5.63 Å². The summed E-state index contributed by atoms with van der Waals surface area (Å²) in [7, 11) is 0. The maximum absolute atomic E-state index is 12.9. The van der Waals surface area contributed by atoms with Crippen LogP contribution in [0.3, 0.4) is 0 Å². The Morgan fingerprint density at radius 3 is 2.43 bits per heavy atom. The van der Waals surface area contributed by atoms with Crippen molar-refractivity contribution in [3.8, 4) is 0 Å². The van der Waals surface area contributed by atoms with Crippen LogP contribution in [0, 0.1) is 19.7 Å². The number of rotatable bonds is 4. The molecular weight excluding hydrogens is 293 g/mol. The molecule has 3 nitrogen and oxygen atoms in total. The fourth-order valence-electron chi connectivity index (χ4n) is 2.67. The summed E-state index contributed by atoms with van der Waals surface area (Å²) in [5.41, 5.74) is 4.59. The molecule has 0 radical (unpaired) electrons. The van der Waals surface area contributed by atoms with Crippen molar-refractivity contribution in [2.24, 2.45) is 0 Å². The second kappa shape index (κ2) is 6.34. The van der Waals surface area contributed by atoms with Crippen molar-refractivity contribution in [3.05, 3.63) is 81.0 Å². The molecule has 0 aliphatic rings. The lowest BCUT2D eigenvalue weighted by molar-refractivity contribution is -0.686. The number of hydrogen-bond donors (Lipinski definition) is 1. The van der Waals surface area contributed by atoms with Crippen LogP contribution < -0.4 is 10.9 Å². The summed E-state index contributed by atoms with van der Waals surface area (Å²) in [5.74, 6) is -0.230. The average molecular weight is 312 g/mol. The van der Waals surface area contributed by atoms with Crippen molar-refractivity contribution in [2.45, 2.75) is 26.9 Å². The summed E-state index contributed by atoms with van der Waals surface area (Å²) in [5, 5.41) is 3.07. The molecule has 4 heteroatoms. The molecule has 0 aliphatic carbocycles. The van der Waals surface area contributed by atoms with Gasteiger partial charge in [-0.25, -0.2) is 9.18 Å². The summed E-state index contributed by atoms with van der Waals surface area (Å²) in [6.45, 7) is 5.45. The van der Waals surface area contributed by atoms with Crippen molar-refractivity contribution < 1.29 is 14.1 Å². The summed E-state index contributed by atoms with van der Waals surface area (Å²) in [4.78, 5) is 11.7. The number of benzene rings is 2. The summed E-state index contributed by atoms with van der Waals surface area (Å²) in [6, 6.07) is 12.0. The third kappa shape index (κ3) is 3.48. The van der Waals surface area contributed by atoms with Crippen molar-refractivity contribution in [2.75, 3.05) is 0 Å². The largest absolute Gasteiger partial charge is 0.423 e. The van der Waals surface area contributed by atoms with Crippen LogP contribution in [-0.2, 0) is 13.1 Å². The second-order valence-electron chi connectivity index (χ2n) is 5.85. The summed E-state index contributed by atoms with van der Waals surface area (Å²) in [6.07, 6.45) is 0. The maximum atomic E-state index is 12.9. The minimum absolute atomic E-state index is 0.230. The number of fused-ring (bicyclic) bond motifs is 1. The second-order valence-corrected chi connectivity index (χ2v) is 5.85. The number of quaternary nitrogens is 1. The Balaban J connectivity index is 1.83. The number of hydrogen-bond acceptors (Lipinski definition) is 2. The fraction of sp³-hybridized carbons (Fsp3) is 0.211. The molecule has 1 aromatic heterocycles. The highest BCUT2D eigenvalue weighted by Gasteiger charge is 2.09. The van der Waals surface area contributed by atoms with Crippen LogP contribution in [-0.4, -0.2) is 0 Å². The first-order chi connectivity index (χ1) is 11.0. The standard InChI is InChI=1S/C19H18FNO2/c1-12-7-17-15(9-19(22)23-18(17)8-13(12)2)11-21-10-14-3-5-16(20)6-4-14/h3-9,21H,10-11H2,1-2H3/p+1. The minimum atomic E-state index is -0.328. The lowest BCUT2D eigenvalue weighted by Gasteiger charge is -2.08. The van der Waals surface area contributed by atoms with Crippen LogP contribution in [0.1, 0.15) is 22.3 Å². The lowest BCUT2D eigenvalue weighted by atomic mass is 10.0. The Hall–Kier alpha value is -2.46. The van der Waals surface area contributed by atoms with Gasteiger partial charge < -0.3 is 9.73 Å². The van der Waals surface area contributed by atoms with Crippen LogP contribution >= 0.6 is 0 Å². The Bertz CT molecular complexity index is 898. The first kappa shape index (κ1) is 15.4. The van der Waals surface area contributed by atoms with E-state index in [1.54, 1.807) is 18.2 Å². The van der Waals surface area contributed by atoms with E-state index < -0.39 is 0 Å². The van der Waals surface area contributed by atoms with E-state index in [-0.39, 0.29) is 11.4 Å². The molecule has 0 atom stereocenters. The van der Waals surface area contributed by atoms with E-state index in [0.29, 0.717) is 12.1 Å². The average Bonchev–Trinajstić information content (AvgIpc) is 2.51. The van der Waals surface area contributed by atoms with E-state index in [1.807, 2.05) is 19.9 Å². The van der Waals surface area contributed by atoms with Crippen LogP contribution in [0.5, 0.6) is 0 Å². The third-order valence-corrected chi connectivity index (χ3v) is 4.10. The van der Waals surface area contributed by atoms with Gasteiger partial charge in [0.15, 0.2) is 0 Å². The van der Waals surface area contributed by atoms with Gasteiger partial charge in [-0.2, -0.15) is 0 Å². The first-order valence-corrected chi connectivity index (χ1v) is 7.63. The van der Waals surface area contributed by atoms with Crippen molar-refractivity contribution in [1.82, 2.24) is 0 Å². The predicted octanol–water partition coefficient (Wildman–Crippen LogP) is 2.81. The minimum Gasteiger partial charge on any atom is -0.423 e. The molecule has 118 valence electrons. The molecule has 0 spiro atoms. The highest BCUT2D eigenvalue weighted by molar-refractivity contribution is 5.81. The van der Waals surface area contributed by atoms with Gasteiger partial charge in [0.1, 0.15) is 24.5 Å². The van der Waals surface area contributed by atoms with E-state index in [9.17, 15) is 9.18 Å². The molecule has 3 aromatic rings. The van der Waals surface area contributed by atoms with Gasteiger partial charge in [0.2, 0.25) is 0 Å². The molecule has 0 aliphatic heterocycles. The highest BCUT2D eigenvalue weighted by Crippen LogP contribution is 2.21. The fourth-order valence-corrected chi connectivity index (χ4v) is 2.67. The molecule has 1 heterocycles. The normalized spacial score (nSPS) is 11.1. The van der Waals surface area contributed by atoms with Gasteiger partial charge in [0.05, 0.1) is 0 Å². The number of halogens is 1. The predicted molar refractivity (Wildman–Crippen MR) is 87.7 cm³/mol. The summed E-state index contributed by atoms with van der Waals surface area (Å²) >= 11 is 0. The highest BCUT2D eigenvalue weighted by atomic mass is 19.1. The maximum Gasteiger partial charge on any atom is 0.336 e. The van der Waals surface area contributed by atoms with E-state index in [2.05, 4.69) is 11.4 Å². The zero-order valence-corrected chi connectivity index (χ0v) is 13.2. The van der Waals surface area contributed by atoms with Crippen molar-refractivity contribution in [1.29, 1.82) is 0 Å². The van der Waals surface area contributed by atoms with Gasteiger partial charge in [-0.15, -0.1) is 0 Å². The van der Waals surface area contributed by atoms with Gasteiger partial charge in [0.25, 0.3) is 0 Å². The molecule has 0 saturated carbocycles. The van der Waals surface area contributed by atoms with Crippen molar-refractivity contribution >= 4 is 11.0 Å². The van der Waals surface area contributed by atoms with Crippen LogP contribution in [0.4, 0.5) is 4.39 Å². The van der Waals surface area contributed by atoms with Gasteiger partial charge in [-0.3, -0.25) is 0 Å². The Morgan fingerprint density at radius 2 is 1.70 bits per heavy atom. The quantitative estimate of drug-likeness (QED) is 0.753. The number of aryl methyl sites for hydroxylation is 2. The number of nitrogens with two attached hydrogens (primary N) is 1. The third-order valence-electron chi connectivity index (χ3n) is 4.10. The molecule has 3 rings (SSSR count). The van der Waals surface area contributed by atoms with Crippen LogP contribution in [0.2, 0.25) is 0 Å². The molecule has 0 amide bonds. The van der Waals surface area contributed by atoms with E-state index >= 15 is 0 Å². The monoisotopic (exact) mass is 312 g/mol. The zero-order chi connectivity index (χ0) is 16.4. The molecular formula is C19H19FNO2+. The van der Waals surface area contributed by atoms with Crippen LogP contribution in [0.25, 0.3) is 11.0 Å². The van der Waals surface area contributed by atoms with Crippen molar-refractivity contribution in [3.63, 3.8) is 0 Å². The molecule has 2 aromatic carbocycles. The smallest absolute Gasteiger partial charge is 0.336 e. The summed E-state index contributed by atoms with van der Waals surface area (Å²) < 4.78 is 18.2. The molecule has 0 fully saturated rings. The SMILES string of the molecule is Cc1cc2oc(=O)cc(C[NH2+]Cc3ccc(F)cc3)c2cc1C. The molecule has 2 N–H and O–H groups in total. The van der Waals surface area contributed by atoms with E-state index in [0.717, 1.165) is 28.6 Å².